The molecule has 0 amide bonds. The second kappa shape index (κ2) is 8.12. The second-order valence-electron chi connectivity index (χ2n) is 4.27. The van der Waals surface area contributed by atoms with Crippen molar-refractivity contribution in [2.75, 3.05) is 31.6 Å². The zero-order chi connectivity index (χ0) is 12.0. The van der Waals surface area contributed by atoms with E-state index in [9.17, 15) is 8.42 Å². The predicted molar refractivity (Wildman–Crippen MR) is 81.7 cm³/mol. The third-order valence-electron chi connectivity index (χ3n) is 2.63. The van der Waals surface area contributed by atoms with Gasteiger partial charge in [-0.25, -0.2) is 8.42 Å². The molecule has 1 heterocycles. The maximum Gasteiger partial charge on any atom is 0.191 e. The van der Waals surface area contributed by atoms with E-state index in [-0.39, 0.29) is 29.7 Å². The Hall–Kier alpha value is -0.0500. The molecule has 1 aliphatic heterocycles. The zero-order valence-electron chi connectivity index (χ0n) is 10.3. The van der Waals surface area contributed by atoms with Crippen LogP contribution in [0, 0.1) is 0 Å². The molecule has 0 aromatic rings. The average molecular weight is 375 g/mol. The van der Waals surface area contributed by atoms with Gasteiger partial charge < -0.3 is 10.6 Å². The number of rotatable bonds is 4. The van der Waals surface area contributed by atoms with E-state index in [1.54, 1.807) is 0 Å². The fourth-order valence-corrected chi connectivity index (χ4v) is 2.40. The molecule has 0 aromatic carbocycles. The molecule has 1 rings (SSSR count). The van der Waals surface area contributed by atoms with Gasteiger partial charge in [-0.05, 0) is 25.7 Å². The van der Waals surface area contributed by atoms with Crippen molar-refractivity contribution in [1.82, 2.24) is 4.90 Å². The van der Waals surface area contributed by atoms with Gasteiger partial charge in [-0.1, -0.05) is 0 Å². The highest BCUT2D eigenvalue weighted by Gasteiger charge is 2.11. The Balaban J connectivity index is 0.00000256. The highest BCUT2D eigenvalue weighted by Crippen LogP contribution is 2.07. The van der Waals surface area contributed by atoms with E-state index in [1.807, 2.05) is 0 Å². The van der Waals surface area contributed by atoms with E-state index in [2.05, 4.69) is 9.89 Å². The first-order valence-corrected chi connectivity index (χ1v) is 7.78. The molecule has 0 unspecified atom stereocenters. The Bertz CT molecular complexity index is 337. The molecule has 2 N–H and O–H groups in total. The van der Waals surface area contributed by atoms with Crippen molar-refractivity contribution in [1.29, 1.82) is 0 Å². The molecule has 7 heteroatoms. The van der Waals surface area contributed by atoms with Crippen molar-refractivity contribution < 1.29 is 8.42 Å². The summed E-state index contributed by atoms with van der Waals surface area (Å²) in [6.07, 6.45) is 5.38. The third-order valence-corrected chi connectivity index (χ3v) is 3.66. The molecule has 1 saturated heterocycles. The Kier molecular flexibility index (Phi) is 8.10. The van der Waals surface area contributed by atoms with Gasteiger partial charge >= 0.3 is 0 Å². The monoisotopic (exact) mass is 375 g/mol. The Morgan fingerprint density at radius 3 is 2.41 bits per heavy atom. The van der Waals surface area contributed by atoms with Crippen LogP contribution in [-0.2, 0) is 9.84 Å². The predicted octanol–water partition coefficient (Wildman–Crippen LogP) is 0.840. The third kappa shape index (κ3) is 7.80. The second-order valence-corrected chi connectivity index (χ2v) is 6.53. The summed E-state index contributed by atoms with van der Waals surface area (Å²) in [6, 6.07) is 0. The van der Waals surface area contributed by atoms with Gasteiger partial charge in [0.2, 0.25) is 0 Å². The maximum absolute atomic E-state index is 10.9. The molecule has 102 valence electrons. The normalized spacial score (nSPS) is 17.7. The van der Waals surface area contributed by atoms with Crippen LogP contribution in [0.1, 0.15) is 25.7 Å². The van der Waals surface area contributed by atoms with Gasteiger partial charge in [-0.15, -0.1) is 24.0 Å². The van der Waals surface area contributed by atoms with Crippen LogP contribution in [0.3, 0.4) is 0 Å². The minimum absolute atomic E-state index is 0. The van der Waals surface area contributed by atoms with Crippen LogP contribution in [0.5, 0.6) is 0 Å². The minimum Gasteiger partial charge on any atom is -0.370 e. The van der Waals surface area contributed by atoms with Gasteiger partial charge in [0.15, 0.2) is 5.96 Å². The molecule has 0 saturated carbocycles. The molecular formula is C10H22IN3O2S. The molecule has 0 atom stereocenters. The van der Waals surface area contributed by atoms with Crippen molar-refractivity contribution in [3.8, 4) is 0 Å². The first-order valence-electron chi connectivity index (χ1n) is 5.71. The van der Waals surface area contributed by atoms with Gasteiger partial charge in [-0.3, -0.25) is 4.99 Å². The summed E-state index contributed by atoms with van der Waals surface area (Å²) >= 11 is 0. The summed E-state index contributed by atoms with van der Waals surface area (Å²) in [7, 11) is -2.87. The van der Waals surface area contributed by atoms with Crippen LogP contribution in [0.15, 0.2) is 4.99 Å². The molecule has 5 nitrogen and oxygen atoms in total. The number of likely N-dealkylation sites (tertiary alicyclic amines) is 1. The highest BCUT2D eigenvalue weighted by atomic mass is 127. The first kappa shape index (κ1) is 16.9. The minimum atomic E-state index is -2.87. The number of sulfone groups is 1. The number of guanidine groups is 1. The maximum atomic E-state index is 10.9. The van der Waals surface area contributed by atoms with Crippen LogP contribution in [-0.4, -0.2) is 50.9 Å². The van der Waals surface area contributed by atoms with Crippen LogP contribution in [0.4, 0.5) is 0 Å². The Labute approximate surface area is 121 Å². The van der Waals surface area contributed by atoms with E-state index >= 15 is 0 Å². The van der Waals surface area contributed by atoms with E-state index in [4.69, 9.17) is 5.73 Å². The quantitative estimate of drug-likeness (QED) is 0.342. The summed E-state index contributed by atoms with van der Waals surface area (Å²) in [5.74, 6) is 0.747. The summed E-state index contributed by atoms with van der Waals surface area (Å²) in [5.41, 5.74) is 5.82. The zero-order valence-corrected chi connectivity index (χ0v) is 13.4. The topological polar surface area (TPSA) is 75.8 Å². The largest absolute Gasteiger partial charge is 0.370 e. The smallest absolute Gasteiger partial charge is 0.191 e. The van der Waals surface area contributed by atoms with Crippen molar-refractivity contribution in [3.05, 3.63) is 0 Å². The van der Waals surface area contributed by atoms with Crippen molar-refractivity contribution in [2.24, 2.45) is 10.7 Å². The molecule has 1 aliphatic rings. The lowest BCUT2D eigenvalue weighted by Gasteiger charge is -2.27. The molecular weight excluding hydrogens is 353 g/mol. The molecule has 0 aromatic heterocycles. The van der Waals surface area contributed by atoms with Crippen LogP contribution < -0.4 is 5.73 Å². The number of aliphatic imine (C=N–C) groups is 1. The first-order chi connectivity index (χ1) is 7.49. The van der Waals surface area contributed by atoms with Gasteiger partial charge in [0.05, 0.1) is 5.75 Å². The van der Waals surface area contributed by atoms with E-state index < -0.39 is 9.84 Å². The molecule has 0 aliphatic carbocycles. The van der Waals surface area contributed by atoms with Crippen LogP contribution in [0.2, 0.25) is 0 Å². The van der Waals surface area contributed by atoms with Crippen molar-refractivity contribution >= 4 is 39.8 Å². The summed E-state index contributed by atoms with van der Waals surface area (Å²) in [6.45, 7) is 2.44. The summed E-state index contributed by atoms with van der Waals surface area (Å²) in [5, 5.41) is 0. The van der Waals surface area contributed by atoms with Gasteiger partial charge in [0, 0.05) is 25.9 Å². The van der Waals surface area contributed by atoms with E-state index in [0.717, 1.165) is 13.1 Å². The Morgan fingerprint density at radius 2 is 1.88 bits per heavy atom. The standard InChI is InChI=1S/C10H21N3O2S.HI/c1-16(14,15)9-5-6-12-10(11)13-7-3-2-4-8-13;/h2-9H2,1H3,(H2,11,12);1H. The number of nitrogens with zero attached hydrogens (tertiary/aromatic N) is 2. The SMILES string of the molecule is CS(=O)(=O)CCCN=C(N)N1CCCCC1.I. The molecule has 0 spiro atoms. The summed E-state index contributed by atoms with van der Waals surface area (Å²) < 4.78 is 21.8. The number of nitrogens with two attached hydrogens (primary N) is 1. The van der Waals surface area contributed by atoms with Gasteiger partial charge in [0.1, 0.15) is 9.84 Å². The fourth-order valence-electron chi connectivity index (χ4n) is 1.74. The molecule has 0 bridgehead atoms. The number of hydrogen-bond donors (Lipinski definition) is 1. The lowest BCUT2D eigenvalue weighted by Crippen LogP contribution is -2.40. The van der Waals surface area contributed by atoms with Gasteiger partial charge in [0.25, 0.3) is 0 Å². The van der Waals surface area contributed by atoms with E-state index in [1.165, 1.54) is 25.5 Å². The average Bonchev–Trinajstić information content (AvgIpc) is 2.24. The number of hydrogen-bond acceptors (Lipinski definition) is 3. The number of halogens is 1. The van der Waals surface area contributed by atoms with Crippen molar-refractivity contribution in [2.45, 2.75) is 25.7 Å². The van der Waals surface area contributed by atoms with Crippen LogP contribution in [0.25, 0.3) is 0 Å². The van der Waals surface area contributed by atoms with E-state index in [0.29, 0.717) is 18.9 Å². The van der Waals surface area contributed by atoms with Gasteiger partial charge in [-0.2, -0.15) is 0 Å². The summed E-state index contributed by atoms with van der Waals surface area (Å²) in [4.78, 5) is 6.28. The Morgan fingerprint density at radius 1 is 1.29 bits per heavy atom. The van der Waals surface area contributed by atoms with Crippen molar-refractivity contribution in [3.63, 3.8) is 0 Å². The molecule has 1 fully saturated rings. The number of piperidine rings is 1. The molecule has 0 radical (unpaired) electrons. The van der Waals surface area contributed by atoms with Crippen LogP contribution >= 0.6 is 24.0 Å². The fraction of sp³-hybridized carbons (Fsp3) is 0.900. The molecule has 17 heavy (non-hydrogen) atoms. The lowest BCUT2D eigenvalue weighted by molar-refractivity contribution is 0.338. The highest BCUT2D eigenvalue weighted by molar-refractivity contribution is 14.0. The lowest BCUT2D eigenvalue weighted by atomic mass is 10.1.